The number of carbonyl (C=O) groups excluding carboxylic acids is 1. The molecule has 4 fully saturated rings. The number of aliphatic hydroxyl groups excluding tert-OH is 1. The van der Waals surface area contributed by atoms with Gasteiger partial charge >= 0.3 is 5.97 Å². The Balaban J connectivity index is 1.69. The monoisotopic (exact) mass is 334 g/mol. The summed E-state index contributed by atoms with van der Waals surface area (Å²) in [5, 5.41) is 9.82. The summed E-state index contributed by atoms with van der Waals surface area (Å²) in [6, 6.07) is 0. The lowest BCUT2D eigenvalue weighted by molar-refractivity contribution is -0.183. The van der Waals surface area contributed by atoms with E-state index in [1.165, 1.54) is 44.9 Å². The topological polar surface area (TPSA) is 46.5 Å². The Hall–Kier alpha value is -0.570. The molecular formula is C21H34O3. The molecule has 24 heavy (non-hydrogen) atoms. The molecule has 4 saturated carbocycles. The SMILES string of the molecule is COC(=O)C1(C)CCCC2(C)C3CCC4CC3(CCC12)CC4CO. The van der Waals surface area contributed by atoms with E-state index in [9.17, 15) is 9.90 Å². The van der Waals surface area contributed by atoms with E-state index in [1.54, 1.807) is 7.11 Å². The lowest BCUT2D eigenvalue weighted by Gasteiger charge is -2.63. The molecule has 7 unspecified atom stereocenters. The summed E-state index contributed by atoms with van der Waals surface area (Å²) in [5.41, 5.74) is 0.430. The van der Waals surface area contributed by atoms with E-state index in [1.807, 2.05) is 0 Å². The Labute approximate surface area is 146 Å². The molecule has 4 aliphatic carbocycles. The van der Waals surface area contributed by atoms with Gasteiger partial charge in [0.1, 0.15) is 0 Å². The second-order valence-corrected chi connectivity index (χ2v) is 9.96. The first-order valence-corrected chi connectivity index (χ1v) is 10.1. The number of fused-ring (bicyclic) bond motifs is 3. The van der Waals surface area contributed by atoms with E-state index < -0.39 is 0 Å². The number of aliphatic hydroxyl groups is 1. The van der Waals surface area contributed by atoms with Gasteiger partial charge in [0.05, 0.1) is 12.5 Å². The molecule has 4 aliphatic rings. The van der Waals surface area contributed by atoms with Crippen LogP contribution in [0.25, 0.3) is 0 Å². The Morgan fingerprint density at radius 3 is 2.58 bits per heavy atom. The normalized spacial score (nSPS) is 53.2. The second-order valence-electron chi connectivity index (χ2n) is 9.96. The molecule has 0 saturated heterocycles. The van der Waals surface area contributed by atoms with Crippen molar-refractivity contribution < 1.29 is 14.6 Å². The molecule has 0 heterocycles. The number of methoxy groups -OCH3 is 1. The maximum atomic E-state index is 12.6. The molecule has 2 bridgehead atoms. The molecule has 136 valence electrons. The molecule has 3 heteroatoms. The Kier molecular flexibility index (Phi) is 3.84. The molecule has 0 aromatic heterocycles. The van der Waals surface area contributed by atoms with Gasteiger partial charge in [-0.3, -0.25) is 4.79 Å². The van der Waals surface area contributed by atoms with Gasteiger partial charge in [-0.25, -0.2) is 0 Å². The summed E-state index contributed by atoms with van der Waals surface area (Å²) in [5.74, 6) is 2.50. The fraction of sp³-hybridized carbons (Fsp3) is 0.952. The third-order valence-corrected chi connectivity index (χ3v) is 9.16. The maximum Gasteiger partial charge on any atom is 0.311 e. The van der Waals surface area contributed by atoms with Crippen molar-refractivity contribution >= 4 is 5.97 Å². The van der Waals surface area contributed by atoms with Crippen molar-refractivity contribution in [2.75, 3.05) is 13.7 Å². The van der Waals surface area contributed by atoms with Gasteiger partial charge in [-0.1, -0.05) is 13.3 Å². The van der Waals surface area contributed by atoms with Crippen LogP contribution in [0.15, 0.2) is 0 Å². The van der Waals surface area contributed by atoms with Crippen LogP contribution in [-0.2, 0) is 9.53 Å². The Morgan fingerprint density at radius 2 is 1.88 bits per heavy atom. The zero-order valence-electron chi connectivity index (χ0n) is 15.6. The highest BCUT2D eigenvalue weighted by atomic mass is 16.5. The van der Waals surface area contributed by atoms with Gasteiger partial charge in [-0.2, -0.15) is 0 Å². The predicted molar refractivity (Wildman–Crippen MR) is 93.3 cm³/mol. The van der Waals surface area contributed by atoms with E-state index >= 15 is 0 Å². The van der Waals surface area contributed by atoms with Gasteiger partial charge in [0, 0.05) is 6.61 Å². The summed E-state index contributed by atoms with van der Waals surface area (Å²) < 4.78 is 5.24. The van der Waals surface area contributed by atoms with Crippen LogP contribution in [0, 0.1) is 39.9 Å². The van der Waals surface area contributed by atoms with E-state index in [-0.39, 0.29) is 16.8 Å². The van der Waals surface area contributed by atoms with Crippen molar-refractivity contribution in [2.24, 2.45) is 39.9 Å². The maximum absolute atomic E-state index is 12.6. The van der Waals surface area contributed by atoms with E-state index in [0.717, 1.165) is 24.7 Å². The van der Waals surface area contributed by atoms with Crippen LogP contribution in [0.5, 0.6) is 0 Å². The molecule has 3 nitrogen and oxygen atoms in total. The van der Waals surface area contributed by atoms with Gasteiger partial charge in [0.15, 0.2) is 0 Å². The highest BCUT2D eigenvalue weighted by molar-refractivity contribution is 5.77. The number of carbonyl (C=O) groups is 1. The number of esters is 1. The zero-order chi connectivity index (χ0) is 17.2. The summed E-state index contributed by atoms with van der Waals surface area (Å²) in [4.78, 5) is 12.6. The van der Waals surface area contributed by atoms with Gasteiger partial charge in [0.25, 0.3) is 0 Å². The lowest BCUT2D eigenvalue weighted by Crippen LogP contribution is -2.58. The fourth-order valence-electron chi connectivity index (χ4n) is 8.28. The fourth-order valence-corrected chi connectivity index (χ4v) is 8.28. The first-order chi connectivity index (χ1) is 11.4. The first kappa shape index (κ1) is 16.9. The van der Waals surface area contributed by atoms with Gasteiger partial charge in [-0.05, 0) is 92.8 Å². The molecule has 0 aromatic rings. The first-order valence-electron chi connectivity index (χ1n) is 10.1. The summed E-state index contributed by atoms with van der Waals surface area (Å²) in [6.45, 7) is 5.05. The average Bonchev–Trinajstić information content (AvgIpc) is 2.84. The summed E-state index contributed by atoms with van der Waals surface area (Å²) in [7, 11) is 1.55. The number of hydrogen-bond acceptors (Lipinski definition) is 3. The molecular weight excluding hydrogens is 300 g/mol. The minimum Gasteiger partial charge on any atom is -0.469 e. The van der Waals surface area contributed by atoms with E-state index in [2.05, 4.69) is 13.8 Å². The van der Waals surface area contributed by atoms with Crippen molar-refractivity contribution in [3.8, 4) is 0 Å². The predicted octanol–water partition coefficient (Wildman–Crippen LogP) is 4.18. The van der Waals surface area contributed by atoms with Crippen LogP contribution in [0.1, 0.15) is 71.6 Å². The van der Waals surface area contributed by atoms with Crippen LogP contribution < -0.4 is 0 Å². The number of hydrogen-bond donors (Lipinski definition) is 1. The summed E-state index contributed by atoms with van der Waals surface area (Å²) in [6.07, 6.45) is 11.0. The third-order valence-electron chi connectivity index (χ3n) is 9.16. The van der Waals surface area contributed by atoms with Gasteiger partial charge in [-0.15, -0.1) is 0 Å². The van der Waals surface area contributed by atoms with Crippen LogP contribution in [0.4, 0.5) is 0 Å². The Bertz CT molecular complexity index is 531. The van der Waals surface area contributed by atoms with Crippen molar-refractivity contribution in [2.45, 2.75) is 71.6 Å². The van der Waals surface area contributed by atoms with Crippen LogP contribution in [0.3, 0.4) is 0 Å². The summed E-state index contributed by atoms with van der Waals surface area (Å²) >= 11 is 0. The van der Waals surface area contributed by atoms with E-state index in [4.69, 9.17) is 4.74 Å². The highest BCUT2D eigenvalue weighted by Gasteiger charge is 2.65. The largest absolute Gasteiger partial charge is 0.469 e. The number of ether oxygens (including phenoxy) is 1. The molecule has 0 aliphatic heterocycles. The molecule has 0 aromatic carbocycles. The van der Waals surface area contributed by atoms with Crippen LogP contribution in [-0.4, -0.2) is 24.8 Å². The standard InChI is InChI=1S/C21H34O3/c1-19-8-4-9-20(2,18(23)24-3)16(19)7-10-21-11-14(5-6-17(19)21)15(12-21)13-22/h14-17,22H,4-13H2,1-3H3. The quantitative estimate of drug-likeness (QED) is 0.771. The van der Waals surface area contributed by atoms with Crippen molar-refractivity contribution in [3.05, 3.63) is 0 Å². The van der Waals surface area contributed by atoms with Crippen molar-refractivity contribution in [3.63, 3.8) is 0 Å². The second kappa shape index (κ2) is 5.46. The smallest absolute Gasteiger partial charge is 0.311 e. The van der Waals surface area contributed by atoms with Crippen molar-refractivity contribution in [1.29, 1.82) is 0 Å². The van der Waals surface area contributed by atoms with Gasteiger partial charge in [0.2, 0.25) is 0 Å². The molecule has 1 spiro atoms. The minimum absolute atomic E-state index is 0.0164. The average molecular weight is 335 g/mol. The molecule has 0 radical (unpaired) electrons. The molecule has 4 rings (SSSR count). The minimum atomic E-state index is -0.296. The third kappa shape index (κ3) is 2.03. The van der Waals surface area contributed by atoms with Crippen LogP contribution in [0.2, 0.25) is 0 Å². The van der Waals surface area contributed by atoms with E-state index in [0.29, 0.717) is 23.9 Å². The lowest BCUT2D eigenvalue weighted by atomic mass is 9.41. The Morgan fingerprint density at radius 1 is 1.08 bits per heavy atom. The molecule has 1 N–H and O–H groups in total. The van der Waals surface area contributed by atoms with Gasteiger partial charge < -0.3 is 9.84 Å². The number of rotatable bonds is 2. The molecule has 0 amide bonds. The zero-order valence-corrected chi connectivity index (χ0v) is 15.6. The van der Waals surface area contributed by atoms with Crippen LogP contribution >= 0.6 is 0 Å². The molecule has 7 atom stereocenters. The van der Waals surface area contributed by atoms with Crippen molar-refractivity contribution in [1.82, 2.24) is 0 Å². The highest BCUT2D eigenvalue weighted by Crippen LogP contribution is 2.72.